The molecule has 1 fully saturated rings. The van der Waals surface area contributed by atoms with Gasteiger partial charge in [-0.3, -0.25) is 4.79 Å². The second-order valence-corrected chi connectivity index (χ2v) is 8.50. The number of para-hydroxylation sites is 1. The lowest BCUT2D eigenvalue weighted by molar-refractivity contribution is -0.145. The van der Waals surface area contributed by atoms with Crippen LogP contribution in [0.15, 0.2) is 42.5 Å². The molecule has 0 aliphatic carbocycles. The summed E-state index contributed by atoms with van der Waals surface area (Å²) in [7, 11) is 1.30. The maximum Gasteiger partial charge on any atom is 0.339 e. The average Bonchev–Trinajstić information content (AvgIpc) is 2.83. The highest BCUT2D eigenvalue weighted by Gasteiger charge is 2.28. The lowest BCUT2D eigenvalue weighted by Gasteiger charge is -2.34. The van der Waals surface area contributed by atoms with E-state index in [9.17, 15) is 19.5 Å². The number of carbonyl (C=O) groups is 3. The van der Waals surface area contributed by atoms with Gasteiger partial charge in [0.1, 0.15) is 11.3 Å². The molecule has 1 heterocycles. The molecule has 0 spiro atoms. The third-order valence-electron chi connectivity index (χ3n) is 6.06. The molecule has 2 aromatic rings. The molecule has 3 rings (SSSR count). The highest BCUT2D eigenvalue weighted by Crippen LogP contribution is 2.31. The molecule has 1 aliphatic heterocycles. The predicted molar refractivity (Wildman–Crippen MR) is 128 cm³/mol. The zero-order valence-corrected chi connectivity index (χ0v) is 19.9. The smallest absolute Gasteiger partial charge is 0.339 e. The monoisotopic (exact) mass is 468 g/mol. The number of rotatable bonds is 9. The molecule has 1 amide bonds. The molecule has 0 radical (unpaired) electrons. The first kappa shape index (κ1) is 25.1. The minimum absolute atomic E-state index is 0.0308. The molecule has 2 aromatic carbocycles. The van der Waals surface area contributed by atoms with Crippen molar-refractivity contribution in [3.63, 3.8) is 0 Å². The molecule has 34 heavy (non-hydrogen) atoms. The van der Waals surface area contributed by atoms with E-state index in [1.807, 2.05) is 24.3 Å². The molecule has 182 valence electrons. The number of anilines is 1. The lowest BCUT2D eigenvalue weighted by atomic mass is 9.96. The maximum atomic E-state index is 12.9. The lowest BCUT2D eigenvalue weighted by Crippen LogP contribution is -2.38. The third kappa shape index (κ3) is 6.07. The molecule has 8 nitrogen and oxygen atoms in total. The second kappa shape index (κ2) is 11.5. The summed E-state index contributed by atoms with van der Waals surface area (Å²) in [6, 6.07) is 11.1. The van der Waals surface area contributed by atoms with E-state index in [4.69, 9.17) is 9.47 Å². The number of carboxylic acids is 1. The Bertz CT molecular complexity index is 1030. The topological polar surface area (TPSA) is 105 Å². The number of nitrogens with zero attached hydrogens (tertiary/aromatic N) is 1. The Labute approximate surface area is 199 Å². The van der Waals surface area contributed by atoms with Crippen molar-refractivity contribution in [1.29, 1.82) is 0 Å². The average molecular weight is 469 g/mol. The summed E-state index contributed by atoms with van der Waals surface area (Å²) in [6.45, 7) is 6.06. The van der Waals surface area contributed by atoms with Crippen LogP contribution < -0.4 is 15.0 Å². The molecule has 8 heteroatoms. The molecule has 0 bridgehead atoms. The summed E-state index contributed by atoms with van der Waals surface area (Å²) < 4.78 is 10.4. The van der Waals surface area contributed by atoms with Crippen molar-refractivity contribution in [2.75, 3.05) is 31.7 Å². The van der Waals surface area contributed by atoms with E-state index in [1.165, 1.54) is 13.2 Å². The van der Waals surface area contributed by atoms with Gasteiger partial charge in [-0.2, -0.15) is 0 Å². The minimum atomic E-state index is -1.10. The van der Waals surface area contributed by atoms with Crippen LogP contribution in [0.1, 0.15) is 54.2 Å². The molecule has 1 unspecified atom stereocenters. The Kier molecular flexibility index (Phi) is 8.51. The number of nitrogens with one attached hydrogen (secondary N) is 1. The zero-order chi connectivity index (χ0) is 24.7. The van der Waals surface area contributed by atoms with Gasteiger partial charge in [0.25, 0.3) is 0 Å². The Hall–Kier alpha value is -3.55. The summed E-state index contributed by atoms with van der Waals surface area (Å²) in [5, 5.41) is 12.1. The van der Waals surface area contributed by atoms with Gasteiger partial charge in [-0.25, -0.2) is 9.59 Å². The van der Waals surface area contributed by atoms with Crippen molar-refractivity contribution in [1.82, 2.24) is 5.32 Å². The van der Waals surface area contributed by atoms with Crippen LogP contribution in [0, 0.1) is 5.92 Å². The quantitative estimate of drug-likeness (QED) is 0.542. The van der Waals surface area contributed by atoms with Crippen LogP contribution in [0.2, 0.25) is 0 Å². The Morgan fingerprint density at radius 2 is 1.85 bits per heavy atom. The molecular formula is C26H32N2O6. The number of hydrogen-bond donors (Lipinski definition) is 2. The van der Waals surface area contributed by atoms with Crippen LogP contribution >= 0.6 is 0 Å². The molecule has 1 aliphatic rings. The number of methoxy groups -OCH3 is 1. The maximum absolute atomic E-state index is 12.9. The SMILES string of the molecule is CCOc1cc(CC(=O)NC(C(=O)OC)c2ccccc2N2CCC(C)CC2)ccc1C(=O)O. The van der Waals surface area contributed by atoms with Gasteiger partial charge in [0.2, 0.25) is 5.91 Å². The van der Waals surface area contributed by atoms with E-state index in [-0.39, 0.29) is 23.6 Å². The number of benzene rings is 2. The van der Waals surface area contributed by atoms with Crippen LogP contribution in [0.5, 0.6) is 5.75 Å². The van der Waals surface area contributed by atoms with Crippen LogP contribution in [0.3, 0.4) is 0 Å². The van der Waals surface area contributed by atoms with Gasteiger partial charge < -0.3 is 24.8 Å². The molecule has 0 saturated carbocycles. The Morgan fingerprint density at radius 3 is 2.50 bits per heavy atom. The fraction of sp³-hybridized carbons (Fsp3) is 0.423. The van der Waals surface area contributed by atoms with E-state index in [2.05, 4.69) is 17.1 Å². The van der Waals surface area contributed by atoms with Gasteiger partial charge in [-0.1, -0.05) is 31.2 Å². The van der Waals surface area contributed by atoms with Crippen molar-refractivity contribution in [2.45, 2.75) is 39.2 Å². The van der Waals surface area contributed by atoms with Crippen molar-refractivity contribution in [2.24, 2.45) is 5.92 Å². The van der Waals surface area contributed by atoms with Crippen LogP contribution in [0.4, 0.5) is 5.69 Å². The standard InChI is InChI=1S/C26H32N2O6/c1-4-34-22-15-18(9-10-20(22)25(30)31)16-23(29)27-24(26(32)33-3)19-7-5-6-8-21(19)28-13-11-17(2)12-14-28/h5-10,15,17,24H,4,11-14,16H2,1-3H3,(H,27,29)(H,30,31). The number of aromatic carboxylic acids is 1. The number of hydrogen-bond acceptors (Lipinski definition) is 6. The highest BCUT2D eigenvalue weighted by molar-refractivity contribution is 5.91. The number of ether oxygens (including phenoxy) is 2. The van der Waals surface area contributed by atoms with E-state index >= 15 is 0 Å². The molecule has 2 N–H and O–H groups in total. The van der Waals surface area contributed by atoms with Gasteiger partial charge in [0.05, 0.1) is 20.1 Å². The van der Waals surface area contributed by atoms with E-state index in [0.29, 0.717) is 23.7 Å². The highest BCUT2D eigenvalue weighted by atomic mass is 16.5. The number of piperidine rings is 1. The number of carboxylic acid groups (broad SMARTS) is 1. The predicted octanol–water partition coefficient (Wildman–Crippen LogP) is 3.59. The summed E-state index contributed by atoms with van der Waals surface area (Å²) >= 11 is 0. The first-order valence-corrected chi connectivity index (χ1v) is 11.5. The third-order valence-corrected chi connectivity index (χ3v) is 6.06. The summed E-state index contributed by atoms with van der Waals surface area (Å²) in [4.78, 5) is 39.3. The van der Waals surface area contributed by atoms with Crippen molar-refractivity contribution in [3.8, 4) is 5.75 Å². The number of amides is 1. The van der Waals surface area contributed by atoms with E-state index in [0.717, 1.165) is 31.6 Å². The number of carbonyl (C=O) groups excluding carboxylic acids is 2. The molecule has 0 aromatic heterocycles. The van der Waals surface area contributed by atoms with Gasteiger partial charge in [-0.15, -0.1) is 0 Å². The van der Waals surface area contributed by atoms with Crippen LogP contribution in [0.25, 0.3) is 0 Å². The van der Waals surface area contributed by atoms with Crippen LogP contribution in [-0.2, 0) is 20.7 Å². The van der Waals surface area contributed by atoms with E-state index < -0.39 is 18.0 Å². The fourth-order valence-corrected chi connectivity index (χ4v) is 4.18. The second-order valence-electron chi connectivity index (χ2n) is 8.50. The molecular weight excluding hydrogens is 436 g/mol. The van der Waals surface area contributed by atoms with Gasteiger partial charge in [-0.05, 0) is 49.4 Å². The largest absolute Gasteiger partial charge is 0.493 e. The Balaban J connectivity index is 1.82. The zero-order valence-electron chi connectivity index (χ0n) is 19.9. The summed E-state index contributed by atoms with van der Waals surface area (Å²) in [5.41, 5.74) is 2.21. The summed E-state index contributed by atoms with van der Waals surface area (Å²) in [5.74, 6) is -1.18. The minimum Gasteiger partial charge on any atom is -0.493 e. The van der Waals surface area contributed by atoms with Gasteiger partial charge in [0.15, 0.2) is 6.04 Å². The fourth-order valence-electron chi connectivity index (χ4n) is 4.18. The first-order valence-electron chi connectivity index (χ1n) is 11.5. The summed E-state index contributed by atoms with van der Waals surface area (Å²) in [6.07, 6.45) is 2.09. The Morgan fingerprint density at radius 1 is 1.15 bits per heavy atom. The number of esters is 1. The molecule has 1 atom stereocenters. The van der Waals surface area contributed by atoms with E-state index in [1.54, 1.807) is 19.1 Å². The van der Waals surface area contributed by atoms with Crippen molar-refractivity contribution < 1.29 is 29.0 Å². The molecule has 1 saturated heterocycles. The van der Waals surface area contributed by atoms with Crippen molar-refractivity contribution >= 4 is 23.5 Å². The van der Waals surface area contributed by atoms with Crippen LogP contribution in [-0.4, -0.2) is 49.8 Å². The van der Waals surface area contributed by atoms with Gasteiger partial charge >= 0.3 is 11.9 Å². The van der Waals surface area contributed by atoms with Crippen molar-refractivity contribution in [3.05, 3.63) is 59.2 Å². The normalized spacial score (nSPS) is 14.9. The first-order chi connectivity index (χ1) is 16.3. The van der Waals surface area contributed by atoms with Gasteiger partial charge in [0, 0.05) is 24.3 Å².